The highest BCUT2D eigenvalue weighted by atomic mass is 16.6. The molecule has 0 aliphatic rings. The van der Waals surface area contributed by atoms with E-state index in [1.807, 2.05) is 0 Å². The van der Waals surface area contributed by atoms with Gasteiger partial charge in [-0.05, 0) is 116 Å². The molecule has 0 amide bonds. The minimum atomic E-state index is -0.600. The van der Waals surface area contributed by atoms with Gasteiger partial charge in [-0.15, -0.1) is 0 Å². The number of rotatable bonds is 46. The molecule has 362 valence electrons. The van der Waals surface area contributed by atoms with Gasteiger partial charge in [0.1, 0.15) is 6.61 Å². The maximum Gasteiger partial charge on any atom is 0.306 e. The van der Waals surface area contributed by atoms with Crippen molar-refractivity contribution in [1.29, 1.82) is 0 Å². The first-order valence-corrected chi connectivity index (χ1v) is 26.1. The number of allylic oxidation sites excluding steroid dienone is 19. The fourth-order valence-electron chi connectivity index (χ4n) is 6.68. The maximum atomic E-state index is 12.8. The third-order valence-electron chi connectivity index (χ3n) is 10.5. The first kappa shape index (κ1) is 60.3. The van der Waals surface area contributed by atoms with Gasteiger partial charge >= 0.3 is 11.9 Å². The lowest BCUT2D eigenvalue weighted by molar-refractivity contribution is -0.162. The highest BCUT2D eigenvalue weighted by Crippen LogP contribution is 2.13. The van der Waals surface area contributed by atoms with E-state index in [1.54, 1.807) is 0 Å². The minimum Gasteiger partial charge on any atom is -0.462 e. The topological polar surface area (TPSA) is 61.8 Å². The largest absolute Gasteiger partial charge is 0.462 e. The molecule has 1 atom stereocenters. The van der Waals surface area contributed by atoms with Gasteiger partial charge in [-0.1, -0.05) is 206 Å². The molecule has 0 radical (unpaired) electrons. The first-order chi connectivity index (χ1) is 31.6. The van der Waals surface area contributed by atoms with Gasteiger partial charge in [0.15, 0.2) is 6.10 Å². The Kier molecular flexibility index (Phi) is 50.5. The van der Waals surface area contributed by atoms with Crippen molar-refractivity contribution in [3.8, 4) is 0 Å². The average Bonchev–Trinajstić information content (AvgIpc) is 3.30. The summed E-state index contributed by atoms with van der Waals surface area (Å²) in [6.45, 7) is 7.32. The minimum absolute atomic E-state index is 0.0341. The Morgan fingerprint density at radius 2 is 0.703 bits per heavy atom. The Balaban J connectivity index is 4.41. The maximum absolute atomic E-state index is 12.8. The zero-order chi connectivity index (χ0) is 46.3. The van der Waals surface area contributed by atoms with E-state index in [0.717, 1.165) is 109 Å². The van der Waals surface area contributed by atoms with E-state index in [4.69, 9.17) is 14.2 Å². The molecule has 5 heteroatoms. The molecule has 0 N–H and O–H groups in total. The van der Waals surface area contributed by atoms with Crippen LogP contribution in [0.25, 0.3) is 0 Å². The molecule has 1 unspecified atom stereocenters. The molecule has 0 saturated carbocycles. The first-order valence-electron chi connectivity index (χ1n) is 26.1. The van der Waals surface area contributed by atoms with E-state index in [1.165, 1.54) is 70.6 Å². The van der Waals surface area contributed by atoms with Gasteiger partial charge in [-0.2, -0.15) is 0 Å². The molecule has 0 aromatic heterocycles. The Labute approximate surface area is 395 Å². The zero-order valence-corrected chi connectivity index (χ0v) is 41.5. The van der Waals surface area contributed by atoms with Gasteiger partial charge in [0.2, 0.25) is 0 Å². The summed E-state index contributed by atoms with van der Waals surface area (Å²) in [4.78, 5) is 25.4. The number of unbranched alkanes of at least 4 members (excludes halogenated alkanes) is 15. The number of carbonyl (C=O) groups is 2. The molecular formula is C59H96O5. The Morgan fingerprint density at radius 1 is 0.359 bits per heavy atom. The lowest BCUT2D eigenvalue weighted by Gasteiger charge is -2.18. The highest BCUT2D eigenvalue weighted by molar-refractivity contribution is 5.70. The predicted octanol–water partition coefficient (Wildman–Crippen LogP) is 17.8. The fourth-order valence-corrected chi connectivity index (χ4v) is 6.68. The molecule has 0 bridgehead atoms. The van der Waals surface area contributed by atoms with Crippen LogP contribution in [0.5, 0.6) is 0 Å². The van der Waals surface area contributed by atoms with Crippen molar-refractivity contribution in [3.05, 3.63) is 122 Å². The van der Waals surface area contributed by atoms with Crippen LogP contribution in [-0.4, -0.2) is 37.9 Å². The summed E-state index contributed by atoms with van der Waals surface area (Å²) in [6, 6.07) is 0. The van der Waals surface area contributed by atoms with Crippen LogP contribution in [-0.2, 0) is 23.8 Å². The number of ether oxygens (including phenoxy) is 3. The standard InChI is InChI=1S/C59H96O5/c1-4-7-10-13-16-19-22-25-27-29-30-31-32-35-37-40-43-46-49-52-58(60)63-56-57(64-59(61)53-50-47-44-41-38-34-24-21-18-15-12-9-6-3)55-62-54-51-48-45-42-39-36-33-28-26-23-20-17-14-11-8-5-2/h8-9,11-12,16-21,25-28,34,36,38-39,45,48,57H,4-7,10,13-15,22-24,29-33,35,37,40-44,46-47,49-56H2,1-3H3/b11-8-,12-9-,19-16-,20-17-,21-18-,27-25-,28-26-,38-34-,39-36-,48-45-. The normalized spacial score (nSPS) is 13.2. The fraction of sp³-hybridized carbons (Fsp3) is 0.627. The van der Waals surface area contributed by atoms with Crippen molar-refractivity contribution in [2.75, 3.05) is 19.8 Å². The monoisotopic (exact) mass is 885 g/mol. The Bertz CT molecular complexity index is 1320. The van der Waals surface area contributed by atoms with Crippen LogP contribution in [0.2, 0.25) is 0 Å². The van der Waals surface area contributed by atoms with E-state index < -0.39 is 6.10 Å². The van der Waals surface area contributed by atoms with Crippen LogP contribution in [0.4, 0.5) is 0 Å². The van der Waals surface area contributed by atoms with Crippen molar-refractivity contribution in [2.45, 2.75) is 219 Å². The number of esters is 2. The highest BCUT2D eigenvalue weighted by Gasteiger charge is 2.17. The predicted molar refractivity (Wildman–Crippen MR) is 279 cm³/mol. The molecule has 0 aliphatic carbocycles. The van der Waals surface area contributed by atoms with Crippen molar-refractivity contribution < 1.29 is 23.8 Å². The van der Waals surface area contributed by atoms with Crippen LogP contribution in [0, 0.1) is 0 Å². The van der Waals surface area contributed by atoms with Crippen molar-refractivity contribution in [3.63, 3.8) is 0 Å². The molecule has 0 aliphatic heterocycles. The number of carbonyl (C=O) groups excluding carboxylic acids is 2. The van der Waals surface area contributed by atoms with E-state index in [9.17, 15) is 9.59 Å². The van der Waals surface area contributed by atoms with Gasteiger partial charge in [0.25, 0.3) is 0 Å². The third kappa shape index (κ3) is 50.9. The van der Waals surface area contributed by atoms with E-state index >= 15 is 0 Å². The molecule has 0 aromatic carbocycles. The van der Waals surface area contributed by atoms with E-state index in [0.29, 0.717) is 19.4 Å². The van der Waals surface area contributed by atoms with Crippen LogP contribution in [0.1, 0.15) is 213 Å². The smallest absolute Gasteiger partial charge is 0.306 e. The molecule has 0 saturated heterocycles. The summed E-state index contributed by atoms with van der Waals surface area (Å²) in [5, 5.41) is 0. The van der Waals surface area contributed by atoms with Crippen LogP contribution >= 0.6 is 0 Å². The molecular weight excluding hydrogens is 789 g/mol. The second kappa shape index (κ2) is 53.6. The third-order valence-corrected chi connectivity index (χ3v) is 10.5. The van der Waals surface area contributed by atoms with Gasteiger partial charge in [0, 0.05) is 12.8 Å². The van der Waals surface area contributed by atoms with Gasteiger partial charge in [-0.25, -0.2) is 0 Å². The zero-order valence-electron chi connectivity index (χ0n) is 41.5. The molecule has 64 heavy (non-hydrogen) atoms. The average molecular weight is 885 g/mol. The number of hydrogen-bond donors (Lipinski definition) is 0. The van der Waals surface area contributed by atoms with Crippen molar-refractivity contribution >= 4 is 11.9 Å². The molecule has 0 rings (SSSR count). The Hall–Kier alpha value is -3.70. The molecule has 5 nitrogen and oxygen atoms in total. The summed E-state index contributed by atoms with van der Waals surface area (Å²) in [7, 11) is 0. The van der Waals surface area contributed by atoms with Crippen LogP contribution in [0.3, 0.4) is 0 Å². The summed E-state index contributed by atoms with van der Waals surface area (Å²) in [6.07, 6.45) is 75.2. The summed E-state index contributed by atoms with van der Waals surface area (Å²) >= 11 is 0. The van der Waals surface area contributed by atoms with E-state index in [-0.39, 0.29) is 25.2 Å². The van der Waals surface area contributed by atoms with Gasteiger partial charge < -0.3 is 14.2 Å². The lowest BCUT2D eigenvalue weighted by Crippen LogP contribution is -2.30. The summed E-state index contributed by atoms with van der Waals surface area (Å²) < 4.78 is 17.3. The molecule has 0 fully saturated rings. The van der Waals surface area contributed by atoms with Gasteiger partial charge in [-0.3, -0.25) is 9.59 Å². The Morgan fingerprint density at radius 3 is 1.14 bits per heavy atom. The van der Waals surface area contributed by atoms with Crippen LogP contribution < -0.4 is 0 Å². The summed E-state index contributed by atoms with van der Waals surface area (Å²) in [5.74, 6) is -0.484. The summed E-state index contributed by atoms with van der Waals surface area (Å²) in [5.41, 5.74) is 0. The molecule has 0 spiro atoms. The SMILES string of the molecule is CC/C=C\C/C=C\C/C=C\C/C=C\C/C=C\CCOCC(COC(=O)CCCCCCCCCCC/C=C\C/C=C\CCCCC)OC(=O)CCCCC/C=C\C/C=C\C/C=C\CC. The quantitative estimate of drug-likeness (QED) is 0.0346. The van der Waals surface area contributed by atoms with Gasteiger partial charge in [0.05, 0.1) is 13.2 Å². The number of hydrogen-bond acceptors (Lipinski definition) is 5. The van der Waals surface area contributed by atoms with Crippen LogP contribution in [0.15, 0.2) is 122 Å². The lowest BCUT2D eigenvalue weighted by atomic mass is 10.1. The van der Waals surface area contributed by atoms with Crippen molar-refractivity contribution in [1.82, 2.24) is 0 Å². The second-order valence-corrected chi connectivity index (χ2v) is 16.7. The van der Waals surface area contributed by atoms with E-state index in [2.05, 4.69) is 142 Å². The van der Waals surface area contributed by atoms with Crippen molar-refractivity contribution in [2.24, 2.45) is 0 Å². The molecule has 0 heterocycles. The second-order valence-electron chi connectivity index (χ2n) is 16.7. The molecule has 0 aromatic rings.